The Hall–Kier alpha value is -2.29. The van der Waals surface area contributed by atoms with Crippen molar-refractivity contribution in [2.45, 2.75) is 38.3 Å². The number of hydrogen-bond acceptors (Lipinski definition) is 3. The van der Waals surface area contributed by atoms with Gasteiger partial charge in [0.05, 0.1) is 24.3 Å². The molecule has 36 heavy (non-hydrogen) atoms. The molecule has 2 aliphatic rings. The molecule has 1 aromatic heterocycles. The van der Waals surface area contributed by atoms with Crippen LogP contribution in [0.15, 0.2) is 36.4 Å². The zero-order valence-corrected chi connectivity index (χ0v) is 21.1. The number of fused-ring (bicyclic) bond motifs is 3. The van der Waals surface area contributed by atoms with Gasteiger partial charge in [0.15, 0.2) is 0 Å². The second-order valence-corrected chi connectivity index (χ2v) is 10.6. The third kappa shape index (κ3) is 4.95. The first-order valence-electron chi connectivity index (χ1n) is 12.3. The highest BCUT2D eigenvalue weighted by Gasteiger charge is 2.41. The predicted molar refractivity (Wildman–Crippen MR) is 133 cm³/mol. The summed E-state index contributed by atoms with van der Waals surface area (Å²) >= 11 is 6.64. The van der Waals surface area contributed by atoms with Gasteiger partial charge in [0.2, 0.25) is 0 Å². The Kier molecular flexibility index (Phi) is 6.96. The SMILES string of the molecule is C[C@@H]1Cc2c([nH]c3ccccc23)[C@@H](c2c(F)cc(OCCN3CC(CF)C3)cc2Cl)N1CC(C)(F)F. The summed E-state index contributed by atoms with van der Waals surface area (Å²) in [5, 5.41) is 1.13. The molecule has 9 heteroatoms. The number of aromatic nitrogens is 1. The highest BCUT2D eigenvalue weighted by atomic mass is 35.5. The summed E-state index contributed by atoms with van der Waals surface area (Å²) in [5.74, 6) is -3.22. The third-order valence-corrected chi connectivity index (χ3v) is 7.54. The van der Waals surface area contributed by atoms with Gasteiger partial charge in [-0.2, -0.15) is 0 Å². The number of rotatable bonds is 8. The molecule has 3 aromatic rings. The zero-order valence-electron chi connectivity index (χ0n) is 20.3. The van der Waals surface area contributed by atoms with E-state index in [1.165, 1.54) is 6.07 Å². The van der Waals surface area contributed by atoms with Crippen LogP contribution in [0.25, 0.3) is 10.9 Å². The number of halogens is 5. The normalized spacial score (nSPS) is 21.5. The van der Waals surface area contributed by atoms with Gasteiger partial charge in [-0.15, -0.1) is 0 Å². The van der Waals surface area contributed by atoms with Crippen LogP contribution in [-0.4, -0.2) is 66.2 Å². The van der Waals surface area contributed by atoms with Gasteiger partial charge in [-0.05, 0) is 31.0 Å². The van der Waals surface area contributed by atoms with Gasteiger partial charge in [-0.25, -0.2) is 13.2 Å². The monoisotopic (exact) mass is 523 g/mol. The predicted octanol–water partition coefficient (Wildman–Crippen LogP) is 6.23. The van der Waals surface area contributed by atoms with Crippen LogP contribution < -0.4 is 4.74 Å². The number of hydrogen-bond donors (Lipinski definition) is 1. The lowest BCUT2D eigenvalue weighted by Gasteiger charge is -2.42. The maximum atomic E-state index is 15.7. The van der Waals surface area contributed by atoms with E-state index in [2.05, 4.69) is 9.88 Å². The zero-order chi connectivity index (χ0) is 25.6. The fourth-order valence-electron chi connectivity index (χ4n) is 5.54. The Morgan fingerprint density at radius 1 is 1.19 bits per heavy atom. The Morgan fingerprint density at radius 3 is 2.64 bits per heavy atom. The van der Waals surface area contributed by atoms with Gasteiger partial charge in [-0.1, -0.05) is 29.8 Å². The molecular weight excluding hydrogens is 494 g/mol. The molecule has 0 spiro atoms. The highest BCUT2D eigenvalue weighted by Crippen LogP contribution is 2.45. The second kappa shape index (κ2) is 9.88. The Labute approximate surface area is 213 Å². The van der Waals surface area contributed by atoms with Crippen molar-refractivity contribution in [2.24, 2.45) is 5.92 Å². The van der Waals surface area contributed by atoms with Crippen LogP contribution in [0.3, 0.4) is 0 Å². The minimum atomic E-state index is -2.97. The number of benzene rings is 2. The van der Waals surface area contributed by atoms with E-state index in [9.17, 15) is 13.2 Å². The van der Waals surface area contributed by atoms with Crippen LogP contribution in [0, 0.1) is 11.7 Å². The largest absolute Gasteiger partial charge is 0.492 e. The molecule has 1 saturated heterocycles. The molecule has 5 rings (SSSR count). The van der Waals surface area contributed by atoms with E-state index >= 15 is 4.39 Å². The number of alkyl halides is 3. The minimum absolute atomic E-state index is 0.0852. The smallest absolute Gasteiger partial charge is 0.257 e. The lowest BCUT2D eigenvalue weighted by Crippen LogP contribution is -2.49. The number of aromatic amines is 1. The molecule has 194 valence electrons. The van der Waals surface area contributed by atoms with Crippen LogP contribution in [0.1, 0.15) is 36.7 Å². The van der Waals surface area contributed by atoms with Gasteiger partial charge in [0, 0.05) is 66.7 Å². The van der Waals surface area contributed by atoms with E-state index in [1.54, 1.807) is 11.0 Å². The minimum Gasteiger partial charge on any atom is -0.492 e. The molecule has 2 aliphatic heterocycles. The first-order valence-corrected chi connectivity index (χ1v) is 12.7. The van der Waals surface area contributed by atoms with Crippen LogP contribution >= 0.6 is 11.6 Å². The molecule has 4 nitrogen and oxygen atoms in total. The third-order valence-electron chi connectivity index (χ3n) is 7.23. The number of nitrogens with one attached hydrogen (secondary N) is 1. The average Bonchev–Trinajstić information content (AvgIpc) is 3.14. The van der Waals surface area contributed by atoms with Crippen LogP contribution in [-0.2, 0) is 6.42 Å². The van der Waals surface area contributed by atoms with Crippen molar-refractivity contribution in [3.63, 3.8) is 0 Å². The van der Waals surface area contributed by atoms with E-state index in [-0.39, 0.29) is 35.0 Å². The summed E-state index contributed by atoms with van der Waals surface area (Å²) in [6, 6.07) is 9.50. The van der Waals surface area contributed by atoms with Crippen molar-refractivity contribution in [3.8, 4) is 5.75 Å². The Balaban J connectivity index is 1.47. The molecule has 0 saturated carbocycles. The summed E-state index contributed by atoms with van der Waals surface area (Å²) in [7, 11) is 0. The van der Waals surface area contributed by atoms with E-state index < -0.39 is 24.3 Å². The maximum absolute atomic E-state index is 15.7. The lowest BCUT2D eigenvalue weighted by molar-refractivity contribution is -0.0370. The van der Waals surface area contributed by atoms with Crippen molar-refractivity contribution < 1.29 is 22.3 Å². The summed E-state index contributed by atoms with van der Waals surface area (Å²) in [4.78, 5) is 7.06. The van der Waals surface area contributed by atoms with Gasteiger partial charge in [-0.3, -0.25) is 14.2 Å². The summed E-state index contributed by atoms with van der Waals surface area (Å²) in [6.07, 6.45) is 0.562. The first kappa shape index (κ1) is 25.4. The quantitative estimate of drug-likeness (QED) is 0.355. The molecule has 0 radical (unpaired) electrons. The molecule has 1 fully saturated rings. The van der Waals surface area contributed by atoms with Crippen molar-refractivity contribution in [3.05, 3.63) is 64.1 Å². The van der Waals surface area contributed by atoms with Crippen LogP contribution in [0.5, 0.6) is 5.75 Å². The number of para-hydroxylation sites is 1. The van der Waals surface area contributed by atoms with Crippen molar-refractivity contribution in [1.82, 2.24) is 14.8 Å². The van der Waals surface area contributed by atoms with Crippen molar-refractivity contribution in [2.75, 3.05) is 39.5 Å². The molecule has 0 aliphatic carbocycles. The fourth-order valence-corrected chi connectivity index (χ4v) is 5.84. The first-order chi connectivity index (χ1) is 17.1. The van der Waals surface area contributed by atoms with Crippen molar-refractivity contribution in [1.29, 1.82) is 0 Å². The number of nitrogens with zero attached hydrogens (tertiary/aromatic N) is 2. The molecule has 0 bridgehead atoms. The Morgan fingerprint density at radius 2 is 1.94 bits per heavy atom. The molecule has 2 aromatic carbocycles. The second-order valence-electron chi connectivity index (χ2n) is 10.2. The number of H-pyrrole nitrogens is 1. The van der Waals surface area contributed by atoms with Crippen LogP contribution in [0.2, 0.25) is 5.02 Å². The van der Waals surface area contributed by atoms with Gasteiger partial charge < -0.3 is 9.72 Å². The lowest BCUT2D eigenvalue weighted by atomic mass is 9.88. The van der Waals surface area contributed by atoms with Gasteiger partial charge in [0.1, 0.15) is 18.2 Å². The summed E-state index contributed by atoms with van der Waals surface area (Å²) in [6.45, 7) is 4.22. The fraction of sp³-hybridized carbons (Fsp3) is 0.481. The standard InChI is InChI=1S/C27H30ClF4N3O/c1-16-9-20-19-5-3-4-6-23(19)33-25(20)26(35(16)15-27(2,31)32)24-21(28)10-18(11-22(24)30)36-8-7-34-13-17(12-29)14-34/h3-6,10-11,16-17,26,33H,7-9,12-15H2,1-2H3/t16-,26-/m1/s1. The van der Waals surface area contributed by atoms with Gasteiger partial charge >= 0.3 is 0 Å². The van der Waals surface area contributed by atoms with Gasteiger partial charge in [0.25, 0.3) is 5.92 Å². The topological polar surface area (TPSA) is 31.5 Å². The van der Waals surface area contributed by atoms with Crippen LogP contribution in [0.4, 0.5) is 17.6 Å². The highest BCUT2D eigenvalue weighted by molar-refractivity contribution is 6.31. The van der Waals surface area contributed by atoms with E-state index in [4.69, 9.17) is 16.3 Å². The van der Waals surface area contributed by atoms with E-state index in [0.717, 1.165) is 23.4 Å². The Bertz CT molecular complexity index is 1210. The van der Waals surface area contributed by atoms with Crippen molar-refractivity contribution >= 4 is 22.5 Å². The molecule has 2 atom stereocenters. The number of ether oxygens (including phenoxy) is 1. The molecular formula is C27H30ClF4N3O. The average molecular weight is 524 g/mol. The summed E-state index contributed by atoms with van der Waals surface area (Å²) in [5.41, 5.74) is 2.72. The maximum Gasteiger partial charge on any atom is 0.257 e. The molecule has 0 unspecified atom stereocenters. The van der Waals surface area contributed by atoms with E-state index in [1.807, 2.05) is 31.2 Å². The summed E-state index contributed by atoms with van der Waals surface area (Å²) < 4.78 is 62.6. The van der Waals surface area contributed by atoms with E-state index in [0.29, 0.717) is 38.4 Å². The molecule has 0 amide bonds. The number of likely N-dealkylation sites (tertiary alicyclic amines) is 1. The molecule has 3 heterocycles. The molecule has 1 N–H and O–H groups in total.